The smallest absolute Gasteiger partial charge is 0.231 e. The van der Waals surface area contributed by atoms with E-state index in [2.05, 4.69) is 20.9 Å². The summed E-state index contributed by atoms with van der Waals surface area (Å²) in [6.45, 7) is 2.00. The predicted molar refractivity (Wildman–Crippen MR) is 84.6 cm³/mol. The number of carbonyl (C=O) groups excluding carboxylic acids is 1. The second-order valence-corrected chi connectivity index (χ2v) is 5.56. The number of nitrogens with two attached hydrogens (primary N) is 1. The molecule has 1 aromatic heterocycles. The van der Waals surface area contributed by atoms with E-state index >= 15 is 0 Å². The number of hydrogen-bond donors (Lipinski definition) is 1. The number of amides is 1. The second kappa shape index (κ2) is 6.05. The summed E-state index contributed by atoms with van der Waals surface area (Å²) in [6.07, 6.45) is 1.95. The number of aromatic nitrogens is 1. The van der Waals surface area contributed by atoms with Crippen molar-refractivity contribution in [1.29, 1.82) is 0 Å². The summed E-state index contributed by atoms with van der Waals surface area (Å²) >= 11 is 3.43. The molecule has 104 valence electrons. The number of hydrogen-bond acceptors (Lipinski definition) is 3. The van der Waals surface area contributed by atoms with E-state index in [0.29, 0.717) is 12.2 Å². The van der Waals surface area contributed by atoms with Crippen LogP contribution in [0, 0.1) is 6.92 Å². The normalized spacial score (nSPS) is 10.3. The molecule has 0 spiro atoms. The largest absolute Gasteiger partial charge is 0.384 e. The van der Waals surface area contributed by atoms with Gasteiger partial charge in [0.15, 0.2) is 0 Å². The summed E-state index contributed by atoms with van der Waals surface area (Å²) in [7, 11) is 1.74. The molecular weight excluding hydrogens is 318 g/mol. The van der Waals surface area contributed by atoms with Crippen LogP contribution < -0.4 is 10.6 Å². The van der Waals surface area contributed by atoms with E-state index in [0.717, 1.165) is 21.3 Å². The highest BCUT2D eigenvalue weighted by molar-refractivity contribution is 9.10. The van der Waals surface area contributed by atoms with E-state index in [1.165, 1.54) is 0 Å². The molecule has 1 heterocycles. The number of nitrogens with zero attached hydrogens (tertiary/aromatic N) is 2. The molecule has 1 amide bonds. The molecule has 4 nitrogen and oxygen atoms in total. The van der Waals surface area contributed by atoms with Crippen molar-refractivity contribution in [3.63, 3.8) is 0 Å². The molecule has 0 aliphatic carbocycles. The molecule has 0 aliphatic rings. The number of carbonyl (C=O) groups is 1. The Balaban J connectivity index is 2.15. The summed E-state index contributed by atoms with van der Waals surface area (Å²) in [5.74, 6) is 0.454. The third-order valence-electron chi connectivity index (χ3n) is 3.19. The van der Waals surface area contributed by atoms with Crippen molar-refractivity contribution in [2.75, 3.05) is 17.7 Å². The highest BCUT2D eigenvalue weighted by atomic mass is 79.9. The Morgan fingerprint density at radius 3 is 2.75 bits per heavy atom. The van der Waals surface area contributed by atoms with Gasteiger partial charge in [-0.1, -0.05) is 22.0 Å². The maximum absolute atomic E-state index is 12.3. The number of rotatable bonds is 3. The lowest BCUT2D eigenvalue weighted by molar-refractivity contribution is -0.117. The lowest BCUT2D eigenvalue weighted by Gasteiger charge is -2.17. The number of aryl methyl sites for hydroxylation is 1. The van der Waals surface area contributed by atoms with Gasteiger partial charge >= 0.3 is 0 Å². The predicted octanol–water partition coefficient (Wildman–Crippen LogP) is 2.94. The van der Waals surface area contributed by atoms with Crippen LogP contribution in [0.1, 0.15) is 11.1 Å². The van der Waals surface area contributed by atoms with E-state index in [4.69, 9.17) is 5.73 Å². The fraction of sp³-hybridized carbons (Fsp3) is 0.200. The summed E-state index contributed by atoms with van der Waals surface area (Å²) in [6, 6.07) is 9.41. The first kappa shape index (κ1) is 14.5. The van der Waals surface area contributed by atoms with Crippen LogP contribution in [0.2, 0.25) is 0 Å². The van der Waals surface area contributed by atoms with E-state index < -0.39 is 0 Å². The summed E-state index contributed by atoms with van der Waals surface area (Å²) in [4.78, 5) is 17.9. The third kappa shape index (κ3) is 3.36. The highest BCUT2D eigenvalue weighted by Crippen LogP contribution is 2.19. The minimum Gasteiger partial charge on any atom is -0.384 e. The molecule has 0 saturated heterocycles. The van der Waals surface area contributed by atoms with E-state index in [-0.39, 0.29) is 5.91 Å². The number of benzene rings is 1. The maximum atomic E-state index is 12.3. The Morgan fingerprint density at radius 1 is 1.35 bits per heavy atom. The van der Waals surface area contributed by atoms with Crippen molar-refractivity contribution in [2.24, 2.45) is 0 Å². The van der Waals surface area contributed by atoms with Crippen molar-refractivity contribution >= 4 is 33.3 Å². The first-order chi connectivity index (χ1) is 9.47. The molecule has 1 aromatic carbocycles. The topological polar surface area (TPSA) is 59.2 Å². The van der Waals surface area contributed by atoms with Crippen LogP contribution in [-0.2, 0) is 11.2 Å². The Labute approximate surface area is 126 Å². The number of nitrogen functional groups attached to an aromatic ring is 1. The molecule has 0 saturated carbocycles. The minimum absolute atomic E-state index is 0.0118. The van der Waals surface area contributed by atoms with Crippen LogP contribution in [0.4, 0.5) is 11.5 Å². The fourth-order valence-electron chi connectivity index (χ4n) is 1.85. The Morgan fingerprint density at radius 2 is 2.10 bits per heavy atom. The molecule has 0 radical (unpaired) electrons. The zero-order valence-electron chi connectivity index (χ0n) is 11.4. The van der Waals surface area contributed by atoms with E-state index in [1.807, 2.05) is 25.1 Å². The van der Waals surface area contributed by atoms with Gasteiger partial charge in [-0.15, -0.1) is 0 Å². The van der Waals surface area contributed by atoms with Gasteiger partial charge in [-0.2, -0.15) is 0 Å². The zero-order valence-corrected chi connectivity index (χ0v) is 13.0. The maximum Gasteiger partial charge on any atom is 0.231 e. The molecular formula is C15H16BrN3O. The fourth-order valence-corrected chi connectivity index (χ4v) is 2.26. The van der Waals surface area contributed by atoms with E-state index in [9.17, 15) is 4.79 Å². The molecule has 20 heavy (non-hydrogen) atoms. The monoisotopic (exact) mass is 333 g/mol. The van der Waals surface area contributed by atoms with Crippen molar-refractivity contribution < 1.29 is 4.79 Å². The van der Waals surface area contributed by atoms with E-state index in [1.54, 1.807) is 30.3 Å². The summed E-state index contributed by atoms with van der Waals surface area (Å²) in [5.41, 5.74) is 8.39. The Hall–Kier alpha value is -1.88. The van der Waals surface area contributed by atoms with Crippen molar-refractivity contribution in [3.05, 3.63) is 52.1 Å². The van der Waals surface area contributed by atoms with Crippen LogP contribution in [0.15, 0.2) is 41.0 Å². The average Bonchev–Trinajstić information content (AvgIpc) is 2.43. The number of halogens is 1. The molecule has 2 rings (SSSR count). The van der Waals surface area contributed by atoms with Crippen molar-refractivity contribution in [3.8, 4) is 0 Å². The molecule has 5 heteroatoms. The Kier molecular flexibility index (Phi) is 4.39. The number of anilines is 2. The average molecular weight is 334 g/mol. The van der Waals surface area contributed by atoms with Gasteiger partial charge in [-0.3, -0.25) is 4.79 Å². The lowest BCUT2D eigenvalue weighted by atomic mass is 10.1. The van der Waals surface area contributed by atoms with Crippen LogP contribution >= 0.6 is 15.9 Å². The highest BCUT2D eigenvalue weighted by Gasteiger charge is 2.13. The molecule has 0 unspecified atom stereocenters. The zero-order chi connectivity index (χ0) is 14.7. The van der Waals surface area contributed by atoms with Crippen LogP contribution in [-0.4, -0.2) is 17.9 Å². The van der Waals surface area contributed by atoms with Crippen molar-refractivity contribution in [1.82, 2.24) is 4.98 Å². The third-order valence-corrected chi connectivity index (χ3v) is 3.68. The van der Waals surface area contributed by atoms with Crippen molar-refractivity contribution in [2.45, 2.75) is 13.3 Å². The molecule has 0 aliphatic heterocycles. The van der Waals surface area contributed by atoms with Gasteiger partial charge in [-0.05, 0) is 42.3 Å². The number of likely N-dealkylation sites (N-methyl/N-ethyl adjacent to an activating group) is 1. The van der Waals surface area contributed by atoms with Gasteiger partial charge in [0.05, 0.1) is 18.3 Å². The van der Waals surface area contributed by atoms with Gasteiger partial charge < -0.3 is 10.6 Å². The molecule has 0 atom stereocenters. The van der Waals surface area contributed by atoms with Crippen LogP contribution in [0.5, 0.6) is 0 Å². The second-order valence-electron chi connectivity index (χ2n) is 4.64. The van der Waals surface area contributed by atoms with Gasteiger partial charge in [0, 0.05) is 11.5 Å². The van der Waals surface area contributed by atoms with Crippen LogP contribution in [0.3, 0.4) is 0 Å². The molecule has 2 aromatic rings. The van der Waals surface area contributed by atoms with Gasteiger partial charge in [0.1, 0.15) is 5.82 Å². The quantitative estimate of drug-likeness (QED) is 0.939. The SMILES string of the molecule is Cc1ccc(Br)cc1CC(=O)N(C)c1ccc(N)nc1. The number of pyridine rings is 1. The summed E-state index contributed by atoms with van der Waals surface area (Å²) < 4.78 is 0.975. The molecule has 0 fully saturated rings. The minimum atomic E-state index is 0.0118. The van der Waals surface area contributed by atoms with Crippen LogP contribution in [0.25, 0.3) is 0 Å². The summed E-state index contributed by atoms with van der Waals surface area (Å²) in [5, 5.41) is 0. The lowest BCUT2D eigenvalue weighted by Crippen LogP contribution is -2.28. The first-order valence-electron chi connectivity index (χ1n) is 6.20. The molecule has 0 bridgehead atoms. The van der Waals surface area contributed by atoms with Gasteiger partial charge in [0.25, 0.3) is 0 Å². The Bertz CT molecular complexity index is 626. The molecule has 2 N–H and O–H groups in total. The first-order valence-corrected chi connectivity index (χ1v) is 7.00. The standard InChI is InChI=1S/C15H16BrN3O/c1-10-3-4-12(16)7-11(10)8-15(20)19(2)13-5-6-14(17)18-9-13/h3-7,9H,8H2,1-2H3,(H2,17,18). The van der Waals surface area contributed by atoms with Gasteiger partial charge in [0.2, 0.25) is 5.91 Å². The van der Waals surface area contributed by atoms with Gasteiger partial charge in [-0.25, -0.2) is 4.98 Å².